The first kappa shape index (κ1) is 14.2. The number of hydrogen-bond acceptors (Lipinski definition) is 2. The van der Waals surface area contributed by atoms with E-state index in [1.54, 1.807) is 0 Å². The van der Waals surface area contributed by atoms with E-state index in [-0.39, 0.29) is 0 Å². The summed E-state index contributed by atoms with van der Waals surface area (Å²) < 4.78 is 1.01. The van der Waals surface area contributed by atoms with E-state index in [1.807, 2.05) is 12.3 Å². The van der Waals surface area contributed by atoms with Crippen LogP contribution in [0.2, 0.25) is 0 Å². The molecular formula is C16H19BrN2. The number of pyridine rings is 1. The summed E-state index contributed by atoms with van der Waals surface area (Å²) in [5.74, 6) is 0.440. The average molecular weight is 319 g/mol. The predicted octanol–water partition coefficient (Wildman–Crippen LogP) is 3.51. The van der Waals surface area contributed by atoms with E-state index in [2.05, 4.69) is 58.2 Å². The summed E-state index contributed by atoms with van der Waals surface area (Å²) in [6, 6.07) is 12.6. The molecular weight excluding hydrogens is 300 g/mol. The van der Waals surface area contributed by atoms with Crippen molar-refractivity contribution >= 4 is 15.9 Å². The minimum absolute atomic E-state index is 0.440. The Hall–Kier alpha value is -1.19. The molecule has 0 radical (unpaired) electrons. The summed E-state index contributed by atoms with van der Waals surface area (Å²) in [5.41, 5.74) is 9.74. The molecule has 0 spiro atoms. The Kier molecular flexibility index (Phi) is 5.11. The van der Waals surface area contributed by atoms with Crippen LogP contribution in [0.1, 0.15) is 16.8 Å². The van der Waals surface area contributed by atoms with Crippen molar-refractivity contribution in [3.05, 3.63) is 63.9 Å². The molecule has 0 saturated heterocycles. The van der Waals surface area contributed by atoms with Crippen LogP contribution in [0.4, 0.5) is 0 Å². The summed E-state index contributed by atoms with van der Waals surface area (Å²) in [6.07, 6.45) is 3.79. The highest BCUT2D eigenvalue weighted by molar-refractivity contribution is 9.10. The first-order valence-corrected chi connectivity index (χ1v) is 7.33. The van der Waals surface area contributed by atoms with Gasteiger partial charge >= 0.3 is 0 Å². The van der Waals surface area contributed by atoms with Crippen LogP contribution in [-0.4, -0.2) is 11.5 Å². The molecule has 0 aliphatic heterocycles. The maximum Gasteiger partial charge on any atom is 0.0413 e. The fraction of sp³-hybridized carbons (Fsp3) is 0.312. The average Bonchev–Trinajstić information content (AvgIpc) is 2.43. The third-order valence-corrected chi connectivity index (χ3v) is 3.86. The largest absolute Gasteiger partial charge is 0.330 e. The predicted molar refractivity (Wildman–Crippen MR) is 83.1 cm³/mol. The quantitative estimate of drug-likeness (QED) is 0.916. The van der Waals surface area contributed by atoms with E-state index in [9.17, 15) is 0 Å². The van der Waals surface area contributed by atoms with Crippen molar-refractivity contribution in [2.24, 2.45) is 11.7 Å². The van der Waals surface area contributed by atoms with Gasteiger partial charge in [-0.25, -0.2) is 0 Å². The molecule has 1 unspecified atom stereocenters. The SMILES string of the molecule is Cc1ccccc1CC(CN)Cc1ccc(Br)cn1. The van der Waals surface area contributed by atoms with Gasteiger partial charge in [0.15, 0.2) is 0 Å². The third-order valence-electron chi connectivity index (χ3n) is 3.39. The molecule has 19 heavy (non-hydrogen) atoms. The number of halogens is 1. The van der Waals surface area contributed by atoms with Crippen LogP contribution in [0.3, 0.4) is 0 Å². The lowest BCUT2D eigenvalue weighted by Gasteiger charge is -2.16. The second-order valence-corrected chi connectivity index (χ2v) is 5.82. The molecule has 3 heteroatoms. The fourth-order valence-corrected chi connectivity index (χ4v) is 2.45. The summed E-state index contributed by atoms with van der Waals surface area (Å²) in [4.78, 5) is 4.43. The summed E-state index contributed by atoms with van der Waals surface area (Å²) in [6.45, 7) is 2.84. The molecule has 0 aliphatic carbocycles. The smallest absolute Gasteiger partial charge is 0.0413 e. The first-order valence-electron chi connectivity index (χ1n) is 6.54. The van der Waals surface area contributed by atoms with Gasteiger partial charge in [-0.15, -0.1) is 0 Å². The number of nitrogens with two attached hydrogens (primary N) is 1. The van der Waals surface area contributed by atoms with Gasteiger partial charge in [0.25, 0.3) is 0 Å². The van der Waals surface area contributed by atoms with Gasteiger partial charge < -0.3 is 5.73 Å². The molecule has 2 aromatic rings. The van der Waals surface area contributed by atoms with Gasteiger partial charge in [0.2, 0.25) is 0 Å². The molecule has 2 N–H and O–H groups in total. The van der Waals surface area contributed by atoms with Crippen molar-refractivity contribution in [2.75, 3.05) is 6.54 Å². The maximum atomic E-state index is 5.91. The van der Waals surface area contributed by atoms with Crippen LogP contribution in [0.25, 0.3) is 0 Å². The van der Waals surface area contributed by atoms with Crippen molar-refractivity contribution < 1.29 is 0 Å². The zero-order valence-corrected chi connectivity index (χ0v) is 12.7. The summed E-state index contributed by atoms with van der Waals surface area (Å²) in [5, 5.41) is 0. The van der Waals surface area contributed by atoms with E-state index in [1.165, 1.54) is 11.1 Å². The molecule has 0 amide bonds. The number of rotatable bonds is 5. The van der Waals surface area contributed by atoms with Crippen LogP contribution in [-0.2, 0) is 12.8 Å². The second kappa shape index (κ2) is 6.83. The molecule has 0 aliphatic rings. The Balaban J connectivity index is 2.05. The van der Waals surface area contributed by atoms with Crippen molar-refractivity contribution in [3.63, 3.8) is 0 Å². The first-order chi connectivity index (χ1) is 9.19. The fourth-order valence-electron chi connectivity index (χ4n) is 2.21. The van der Waals surface area contributed by atoms with Crippen molar-refractivity contribution in [3.8, 4) is 0 Å². The molecule has 0 bridgehead atoms. The van der Waals surface area contributed by atoms with Crippen LogP contribution in [0.5, 0.6) is 0 Å². The maximum absolute atomic E-state index is 5.91. The van der Waals surface area contributed by atoms with Gasteiger partial charge in [0.05, 0.1) is 0 Å². The lowest BCUT2D eigenvalue weighted by atomic mass is 9.92. The Morgan fingerprint density at radius 2 is 1.95 bits per heavy atom. The molecule has 1 aromatic carbocycles. The lowest BCUT2D eigenvalue weighted by Crippen LogP contribution is -2.20. The van der Waals surface area contributed by atoms with E-state index in [0.29, 0.717) is 12.5 Å². The number of hydrogen-bond donors (Lipinski definition) is 1. The number of aryl methyl sites for hydroxylation is 1. The minimum atomic E-state index is 0.440. The van der Waals surface area contributed by atoms with Gasteiger partial charge in [-0.3, -0.25) is 4.98 Å². The highest BCUT2D eigenvalue weighted by Crippen LogP contribution is 2.17. The topological polar surface area (TPSA) is 38.9 Å². The van der Waals surface area contributed by atoms with Crippen molar-refractivity contribution in [2.45, 2.75) is 19.8 Å². The van der Waals surface area contributed by atoms with Gasteiger partial charge in [-0.05, 0) is 71.4 Å². The van der Waals surface area contributed by atoms with E-state index in [4.69, 9.17) is 5.73 Å². The Labute approximate surface area is 123 Å². The van der Waals surface area contributed by atoms with Gasteiger partial charge in [0.1, 0.15) is 0 Å². The molecule has 1 aromatic heterocycles. The zero-order chi connectivity index (χ0) is 13.7. The number of aromatic nitrogens is 1. The van der Waals surface area contributed by atoms with Crippen LogP contribution in [0, 0.1) is 12.8 Å². The van der Waals surface area contributed by atoms with Crippen molar-refractivity contribution in [1.29, 1.82) is 0 Å². The van der Waals surface area contributed by atoms with Gasteiger partial charge in [0, 0.05) is 16.4 Å². The molecule has 2 rings (SSSR count). The summed E-state index contributed by atoms with van der Waals surface area (Å²) in [7, 11) is 0. The third kappa shape index (κ3) is 4.15. The Morgan fingerprint density at radius 1 is 1.16 bits per heavy atom. The molecule has 2 nitrogen and oxygen atoms in total. The van der Waals surface area contributed by atoms with E-state index >= 15 is 0 Å². The number of benzene rings is 1. The lowest BCUT2D eigenvalue weighted by molar-refractivity contribution is 0.525. The minimum Gasteiger partial charge on any atom is -0.330 e. The molecule has 1 heterocycles. The number of nitrogens with zero attached hydrogens (tertiary/aromatic N) is 1. The Bertz CT molecular complexity index is 523. The van der Waals surface area contributed by atoms with Gasteiger partial charge in [-0.2, -0.15) is 0 Å². The highest BCUT2D eigenvalue weighted by Gasteiger charge is 2.11. The van der Waals surface area contributed by atoms with Gasteiger partial charge in [-0.1, -0.05) is 24.3 Å². The van der Waals surface area contributed by atoms with E-state index < -0.39 is 0 Å². The van der Waals surface area contributed by atoms with Crippen LogP contribution in [0.15, 0.2) is 47.1 Å². The normalized spacial score (nSPS) is 12.4. The highest BCUT2D eigenvalue weighted by atomic mass is 79.9. The van der Waals surface area contributed by atoms with Crippen LogP contribution < -0.4 is 5.73 Å². The molecule has 100 valence electrons. The summed E-state index contributed by atoms with van der Waals surface area (Å²) >= 11 is 3.40. The zero-order valence-electron chi connectivity index (χ0n) is 11.1. The monoisotopic (exact) mass is 318 g/mol. The van der Waals surface area contributed by atoms with Crippen molar-refractivity contribution in [1.82, 2.24) is 4.98 Å². The molecule has 1 atom stereocenters. The standard InChI is InChI=1S/C16H19BrN2/c1-12-4-2-3-5-14(12)8-13(10-18)9-16-7-6-15(17)11-19-16/h2-7,11,13H,8-10,18H2,1H3. The Morgan fingerprint density at radius 3 is 2.58 bits per heavy atom. The van der Waals surface area contributed by atoms with Crippen LogP contribution >= 0.6 is 15.9 Å². The second-order valence-electron chi connectivity index (χ2n) is 4.90. The molecule has 0 fully saturated rings. The molecule has 0 saturated carbocycles. The van der Waals surface area contributed by atoms with E-state index in [0.717, 1.165) is 23.0 Å².